The summed E-state index contributed by atoms with van der Waals surface area (Å²) in [5, 5.41) is 12.1. The van der Waals surface area contributed by atoms with Crippen molar-refractivity contribution >= 4 is 33.5 Å². The van der Waals surface area contributed by atoms with E-state index in [0.717, 1.165) is 40.0 Å². The molecule has 5 rings (SSSR count). The van der Waals surface area contributed by atoms with Gasteiger partial charge in [0.25, 0.3) is 0 Å². The molecule has 5 nitrogen and oxygen atoms in total. The molecule has 2 aromatic heterocycles. The summed E-state index contributed by atoms with van der Waals surface area (Å²) in [5.41, 5.74) is 4.08. The van der Waals surface area contributed by atoms with Crippen molar-refractivity contribution in [3.8, 4) is 22.8 Å². The number of methoxy groups -OCH3 is 2. The third kappa shape index (κ3) is 3.82. The minimum atomic E-state index is 0.115. The van der Waals surface area contributed by atoms with Crippen molar-refractivity contribution in [2.45, 2.75) is 12.5 Å². The second-order valence-corrected chi connectivity index (χ2v) is 8.86. The van der Waals surface area contributed by atoms with Crippen molar-refractivity contribution in [3.05, 3.63) is 81.9 Å². The maximum absolute atomic E-state index is 5.56. The molecule has 3 heterocycles. The summed E-state index contributed by atoms with van der Waals surface area (Å²) in [6, 6.07) is 20.6. The van der Waals surface area contributed by atoms with Gasteiger partial charge in [-0.15, -0.1) is 22.7 Å². The lowest BCUT2D eigenvalue weighted by Crippen LogP contribution is -2.18. The molecule has 2 aromatic carbocycles. The zero-order chi connectivity index (χ0) is 21.2. The molecule has 0 amide bonds. The number of hydrogen-bond acceptors (Lipinski definition) is 7. The Morgan fingerprint density at radius 3 is 2.58 bits per heavy atom. The highest BCUT2D eigenvalue weighted by Gasteiger charge is 2.32. The van der Waals surface area contributed by atoms with Crippen molar-refractivity contribution in [2.24, 2.45) is 5.10 Å². The lowest BCUT2D eigenvalue weighted by Gasteiger charge is -2.21. The molecule has 0 saturated heterocycles. The van der Waals surface area contributed by atoms with E-state index in [0.29, 0.717) is 0 Å². The van der Waals surface area contributed by atoms with E-state index in [1.54, 1.807) is 36.9 Å². The van der Waals surface area contributed by atoms with Crippen LogP contribution in [0.3, 0.4) is 0 Å². The standard InChI is InChI=1S/C24H21N3O2S2/c1-28-17-10-11-22(29-2)18(13-17)20-15-31-24(25-20)27-21(16-7-4-3-5-8-16)14-19(26-27)23-9-6-12-30-23/h3-13,15,21H,14H2,1-2H3/t21-/m0/s1. The van der Waals surface area contributed by atoms with Crippen LogP contribution in [0.1, 0.15) is 22.9 Å². The first-order valence-electron chi connectivity index (χ1n) is 9.90. The summed E-state index contributed by atoms with van der Waals surface area (Å²) < 4.78 is 11.0. The van der Waals surface area contributed by atoms with Gasteiger partial charge in [-0.3, -0.25) is 0 Å². The number of ether oxygens (including phenoxy) is 2. The average molecular weight is 448 g/mol. The number of aromatic nitrogens is 1. The van der Waals surface area contributed by atoms with Crippen LogP contribution in [0.5, 0.6) is 11.5 Å². The number of thiazole rings is 1. The number of benzene rings is 2. The first-order valence-corrected chi connectivity index (χ1v) is 11.7. The highest BCUT2D eigenvalue weighted by molar-refractivity contribution is 7.14. The molecule has 0 radical (unpaired) electrons. The first-order chi connectivity index (χ1) is 15.3. The smallest absolute Gasteiger partial charge is 0.207 e. The number of anilines is 1. The fourth-order valence-electron chi connectivity index (χ4n) is 3.72. The van der Waals surface area contributed by atoms with Crippen LogP contribution in [0.15, 0.2) is 76.5 Å². The number of rotatable bonds is 6. The number of nitrogens with zero attached hydrogens (tertiary/aromatic N) is 3. The molecular formula is C24H21N3O2S2. The van der Waals surface area contributed by atoms with Crippen molar-refractivity contribution < 1.29 is 9.47 Å². The maximum Gasteiger partial charge on any atom is 0.207 e. The Kier molecular flexibility index (Phi) is 5.44. The van der Waals surface area contributed by atoms with Gasteiger partial charge in [-0.05, 0) is 35.2 Å². The van der Waals surface area contributed by atoms with Crippen LogP contribution in [0, 0.1) is 0 Å². The molecule has 0 bridgehead atoms. The van der Waals surface area contributed by atoms with E-state index < -0.39 is 0 Å². The summed E-state index contributed by atoms with van der Waals surface area (Å²) in [5.74, 6) is 1.54. The predicted octanol–water partition coefficient (Wildman–Crippen LogP) is 6.24. The summed E-state index contributed by atoms with van der Waals surface area (Å²) in [4.78, 5) is 6.15. The van der Waals surface area contributed by atoms with Crippen LogP contribution in [-0.4, -0.2) is 24.9 Å². The van der Waals surface area contributed by atoms with Crippen LogP contribution < -0.4 is 14.5 Å². The van der Waals surface area contributed by atoms with E-state index in [1.165, 1.54) is 10.4 Å². The zero-order valence-corrected chi connectivity index (χ0v) is 18.8. The van der Waals surface area contributed by atoms with Gasteiger partial charge in [0.05, 0.1) is 36.5 Å². The Hall–Kier alpha value is -3.16. The van der Waals surface area contributed by atoms with Gasteiger partial charge in [0.2, 0.25) is 5.13 Å². The molecule has 0 N–H and O–H groups in total. The van der Waals surface area contributed by atoms with E-state index in [-0.39, 0.29) is 6.04 Å². The molecule has 0 aliphatic carbocycles. The Bertz CT molecular complexity index is 1200. The summed E-state index contributed by atoms with van der Waals surface area (Å²) in [6.07, 6.45) is 0.849. The highest BCUT2D eigenvalue weighted by Crippen LogP contribution is 2.41. The number of thiophene rings is 1. The molecule has 7 heteroatoms. The Morgan fingerprint density at radius 2 is 1.84 bits per heavy atom. The number of hydrogen-bond donors (Lipinski definition) is 0. The third-order valence-corrected chi connectivity index (χ3v) is 7.02. The predicted molar refractivity (Wildman–Crippen MR) is 128 cm³/mol. The summed E-state index contributed by atoms with van der Waals surface area (Å²) in [6.45, 7) is 0. The van der Waals surface area contributed by atoms with Gasteiger partial charge in [0.1, 0.15) is 11.5 Å². The van der Waals surface area contributed by atoms with E-state index >= 15 is 0 Å². The highest BCUT2D eigenvalue weighted by atomic mass is 32.1. The normalized spacial score (nSPS) is 15.7. The SMILES string of the molecule is COc1ccc(OC)c(-c2csc(N3N=C(c4cccs4)C[C@H]3c3ccccc3)n2)c1. The fourth-order valence-corrected chi connectivity index (χ4v) is 5.27. The maximum atomic E-state index is 5.56. The van der Waals surface area contributed by atoms with Crippen molar-refractivity contribution in [1.82, 2.24) is 4.98 Å². The van der Waals surface area contributed by atoms with Crippen LogP contribution in [-0.2, 0) is 0 Å². The molecule has 0 fully saturated rings. The Balaban J connectivity index is 1.54. The van der Waals surface area contributed by atoms with Crippen molar-refractivity contribution in [3.63, 3.8) is 0 Å². The minimum Gasteiger partial charge on any atom is -0.497 e. The molecule has 1 atom stereocenters. The van der Waals surface area contributed by atoms with Crippen molar-refractivity contribution in [2.75, 3.05) is 19.2 Å². The zero-order valence-electron chi connectivity index (χ0n) is 17.2. The van der Waals surface area contributed by atoms with Crippen LogP contribution in [0.2, 0.25) is 0 Å². The molecule has 0 spiro atoms. The molecule has 31 heavy (non-hydrogen) atoms. The molecule has 0 unspecified atom stereocenters. The second-order valence-electron chi connectivity index (χ2n) is 7.08. The van der Waals surface area contributed by atoms with Crippen LogP contribution in [0.4, 0.5) is 5.13 Å². The lowest BCUT2D eigenvalue weighted by molar-refractivity contribution is 0.404. The average Bonchev–Trinajstić information content (AvgIpc) is 3.59. The molecule has 0 saturated carbocycles. The van der Waals surface area contributed by atoms with Gasteiger partial charge in [-0.2, -0.15) is 5.10 Å². The summed E-state index contributed by atoms with van der Waals surface area (Å²) >= 11 is 3.31. The van der Waals surface area contributed by atoms with Gasteiger partial charge >= 0.3 is 0 Å². The van der Waals surface area contributed by atoms with E-state index in [9.17, 15) is 0 Å². The fraction of sp³-hybridized carbons (Fsp3) is 0.167. The molecule has 1 aliphatic heterocycles. The first kappa shape index (κ1) is 19.8. The monoisotopic (exact) mass is 447 g/mol. The van der Waals surface area contributed by atoms with E-state index in [1.807, 2.05) is 29.6 Å². The van der Waals surface area contributed by atoms with Gasteiger partial charge in [0.15, 0.2) is 0 Å². The van der Waals surface area contributed by atoms with Gasteiger partial charge in [-0.1, -0.05) is 36.4 Å². The third-order valence-electron chi connectivity index (χ3n) is 5.27. The van der Waals surface area contributed by atoms with Gasteiger partial charge < -0.3 is 9.47 Å². The lowest BCUT2D eigenvalue weighted by atomic mass is 10.0. The topological polar surface area (TPSA) is 47.0 Å². The Morgan fingerprint density at radius 1 is 0.968 bits per heavy atom. The molecule has 4 aromatic rings. The van der Waals surface area contributed by atoms with Crippen LogP contribution in [0.25, 0.3) is 11.3 Å². The quantitative estimate of drug-likeness (QED) is 0.351. The molecular weight excluding hydrogens is 426 g/mol. The summed E-state index contributed by atoms with van der Waals surface area (Å²) in [7, 11) is 3.33. The molecule has 1 aliphatic rings. The number of hydrazone groups is 1. The second kappa shape index (κ2) is 8.53. The molecule has 156 valence electrons. The van der Waals surface area contributed by atoms with Crippen molar-refractivity contribution in [1.29, 1.82) is 0 Å². The minimum absolute atomic E-state index is 0.115. The van der Waals surface area contributed by atoms with Gasteiger partial charge in [-0.25, -0.2) is 9.99 Å². The Labute approximate surface area is 189 Å². The largest absolute Gasteiger partial charge is 0.497 e. The van der Waals surface area contributed by atoms with E-state index in [4.69, 9.17) is 19.6 Å². The van der Waals surface area contributed by atoms with Gasteiger partial charge in [0, 0.05) is 17.4 Å². The van der Waals surface area contributed by atoms with E-state index in [2.05, 4.69) is 46.8 Å². The van der Waals surface area contributed by atoms with Crippen LogP contribution >= 0.6 is 22.7 Å².